The number of amides is 2. The normalized spacial score (nSPS) is 38.2. The zero-order chi connectivity index (χ0) is 36.7. The second-order valence-electron chi connectivity index (χ2n) is 20.0. The van der Waals surface area contributed by atoms with E-state index in [-0.39, 0.29) is 77.7 Å². The molecule has 5 saturated carbocycles. The molecule has 0 aliphatic heterocycles. The Bertz CT molecular complexity index is 1450. The topological polar surface area (TPSA) is 122 Å². The van der Waals surface area contributed by atoms with E-state index in [1.54, 1.807) is 13.8 Å². The third kappa shape index (κ3) is 6.65. The van der Waals surface area contributed by atoms with E-state index < -0.39 is 22.9 Å². The predicted octanol–water partition coefficient (Wildman–Crippen LogP) is 9.68. The molecule has 0 spiro atoms. The molecule has 0 aromatic carbocycles. The van der Waals surface area contributed by atoms with E-state index in [9.17, 15) is 24.3 Å². The maximum absolute atomic E-state index is 13.9. The number of esters is 1. The average Bonchev–Trinajstić information content (AvgIpc) is 3.63. The number of Topliss-reactive ketones (excluding diaryl/α,β-unsaturated/α-hetero) is 1. The summed E-state index contributed by atoms with van der Waals surface area (Å²) in [7, 11) is 0. The summed E-state index contributed by atoms with van der Waals surface area (Å²) < 4.78 is 6.15. The fourth-order valence-corrected chi connectivity index (χ4v) is 13.3. The van der Waals surface area contributed by atoms with Gasteiger partial charge in [0.05, 0.1) is 17.4 Å². The third-order valence-electron chi connectivity index (χ3n) is 16.2. The fourth-order valence-electron chi connectivity index (χ4n) is 13.3. The third-order valence-corrected chi connectivity index (χ3v) is 16.2. The van der Waals surface area contributed by atoms with Crippen molar-refractivity contribution < 1.29 is 29.0 Å². The second-order valence-corrected chi connectivity index (χ2v) is 20.0. The highest BCUT2D eigenvalue weighted by molar-refractivity contribution is 6.02. The lowest BCUT2D eigenvalue weighted by molar-refractivity contribution is -0.232. The number of carboxylic acids is 1. The van der Waals surface area contributed by atoms with Gasteiger partial charge in [-0.1, -0.05) is 68.7 Å². The molecular formula is C43H71ClN2O6. The summed E-state index contributed by atoms with van der Waals surface area (Å²) in [6.07, 6.45) is 12.7. The van der Waals surface area contributed by atoms with Crippen LogP contribution in [0.5, 0.6) is 0 Å². The molecule has 3 N–H and O–H groups in total. The summed E-state index contributed by atoms with van der Waals surface area (Å²) >= 11 is 0. The Morgan fingerprint density at radius 1 is 0.885 bits per heavy atom. The highest BCUT2D eigenvalue weighted by Crippen LogP contribution is 2.76. The first-order valence-corrected chi connectivity index (χ1v) is 20.0. The minimum atomic E-state index is -1.16. The van der Waals surface area contributed by atoms with E-state index in [0.717, 1.165) is 56.9 Å². The van der Waals surface area contributed by atoms with Crippen LogP contribution < -0.4 is 10.6 Å². The second kappa shape index (κ2) is 14.5. The molecular weight excluding hydrogens is 676 g/mol. The Morgan fingerprint density at radius 2 is 1.54 bits per heavy atom. The van der Waals surface area contributed by atoms with Gasteiger partial charge in [-0.05, 0) is 135 Å². The number of fused-ring (bicyclic) bond motifs is 7. The van der Waals surface area contributed by atoms with Crippen molar-refractivity contribution in [3.63, 3.8) is 0 Å². The predicted molar refractivity (Wildman–Crippen MR) is 208 cm³/mol. The standard InChI is InChI=1S/C42H66N2O6.CH4.ClH/c1-25(2)33-28(45)22-42(44-36(49)43-24-26-12-10-11-13-26)21-20-40(8)27(34(33)42)14-15-30-39(7)18-17-31(50-32(46)23-37(3,4)35(47)48)38(5,6)29(39)16-19-41(30,40)9;;/h25-27,29-31H,10-24H2,1-9H3,(H,47,48)(H2,43,44,49);1H4;1H/t27-,29?,30-,31+,39+,40-,41-,42-;;/m1../s1. The Hall–Kier alpha value is -2.09. The number of ketones is 1. The van der Waals surface area contributed by atoms with Crippen molar-refractivity contribution in [1.29, 1.82) is 0 Å². The van der Waals surface area contributed by atoms with Gasteiger partial charge in [0.25, 0.3) is 0 Å². The van der Waals surface area contributed by atoms with Crippen molar-refractivity contribution in [3.05, 3.63) is 11.1 Å². The molecule has 52 heavy (non-hydrogen) atoms. The summed E-state index contributed by atoms with van der Waals surface area (Å²) in [5.74, 6) is 0.604. The number of hydrogen-bond acceptors (Lipinski definition) is 5. The molecule has 0 aromatic rings. The van der Waals surface area contributed by atoms with E-state index in [1.165, 1.54) is 31.3 Å². The first-order valence-electron chi connectivity index (χ1n) is 20.0. The number of carbonyl (C=O) groups excluding carboxylic acids is 3. The minimum absolute atomic E-state index is 0. The summed E-state index contributed by atoms with van der Waals surface area (Å²) in [5.41, 5.74) is 0.369. The number of nitrogens with one attached hydrogen (secondary N) is 2. The van der Waals surface area contributed by atoms with E-state index in [0.29, 0.717) is 30.7 Å². The van der Waals surface area contributed by atoms with Crippen molar-refractivity contribution in [2.75, 3.05) is 6.54 Å². The van der Waals surface area contributed by atoms with Crippen LogP contribution in [-0.2, 0) is 19.1 Å². The summed E-state index contributed by atoms with van der Waals surface area (Å²) in [6.45, 7) is 20.3. The quantitative estimate of drug-likeness (QED) is 0.213. The fraction of sp³-hybridized carbons (Fsp3) is 0.860. The lowest BCUT2D eigenvalue weighted by Crippen LogP contribution is -2.67. The number of rotatable bonds is 8. The van der Waals surface area contributed by atoms with Gasteiger partial charge in [0.2, 0.25) is 0 Å². The van der Waals surface area contributed by atoms with Gasteiger partial charge in [-0.2, -0.15) is 0 Å². The zero-order valence-electron chi connectivity index (χ0n) is 33.0. The summed E-state index contributed by atoms with van der Waals surface area (Å²) in [4.78, 5) is 52.3. The van der Waals surface area contributed by atoms with Crippen LogP contribution in [0, 0.1) is 56.7 Å². The molecule has 5 fully saturated rings. The van der Waals surface area contributed by atoms with Crippen LogP contribution in [0.15, 0.2) is 11.1 Å². The van der Waals surface area contributed by atoms with Gasteiger partial charge in [-0.15, -0.1) is 12.4 Å². The monoisotopic (exact) mass is 747 g/mol. The van der Waals surface area contributed by atoms with Crippen molar-refractivity contribution in [3.8, 4) is 0 Å². The van der Waals surface area contributed by atoms with E-state index in [2.05, 4.69) is 59.1 Å². The van der Waals surface area contributed by atoms with Gasteiger partial charge in [-0.3, -0.25) is 14.4 Å². The van der Waals surface area contributed by atoms with Crippen LogP contribution in [-0.4, -0.2) is 47.0 Å². The van der Waals surface area contributed by atoms with Gasteiger partial charge < -0.3 is 20.5 Å². The maximum atomic E-state index is 13.9. The molecule has 6 aliphatic rings. The van der Waals surface area contributed by atoms with Crippen molar-refractivity contribution >= 4 is 36.2 Å². The lowest BCUT2D eigenvalue weighted by atomic mass is 9.33. The van der Waals surface area contributed by atoms with E-state index in [1.807, 2.05) is 0 Å². The maximum Gasteiger partial charge on any atom is 0.315 e. The first kappa shape index (κ1) is 42.6. The molecule has 296 valence electrons. The molecule has 9 heteroatoms. The number of halogens is 1. The number of carbonyl (C=O) groups is 4. The Morgan fingerprint density at radius 3 is 2.15 bits per heavy atom. The van der Waals surface area contributed by atoms with Crippen LogP contribution in [0.4, 0.5) is 4.79 Å². The molecule has 8 nitrogen and oxygen atoms in total. The smallest absolute Gasteiger partial charge is 0.315 e. The molecule has 6 aliphatic carbocycles. The van der Waals surface area contributed by atoms with Crippen molar-refractivity contribution in [2.45, 2.75) is 171 Å². The number of allylic oxidation sites excluding steroid dienone is 1. The lowest BCUT2D eigenvalue weighted by Gasteiger charge is -2.72. The van der Waals surface area contributed by atoms with Crippen LogP contribution in [0.2, 0.25) is 0 Å². The SMILES string of the molecule is C.CC(C)C1=C2[C@H]3CC[C@@H]4[C@@]5(C)CC[C@H](OC(=O)CC(C)(C)C(=O)O)C(C)(C)C5CC[C@@]4(C)[C@]3(C)CC[C@@]2(NC(=O)NCC2CCCC2)CC1=O.Cl. The molecule has 1 unspecified atom stereocenters. The largest absolute Gasteiger partial charge is 0.481 e. The Labute approximate surface area is 320 Å². The number of aliphatic carboxylic acids is 1. The van der Waals surface area contributed by atoms with Crippen LogP contribution in [0.1, 0.15) is 160 Å². The number of hydrogen-bond donors (Lipinski definition) is 3. The molecule has 0 aromatic heterocycles. The Kier molecular flexibility index (Phi) is 11.9. The van der Waals surface area contributed by atoms with E-state index >= 15 is 0 Å². The van der Waals surface area contributed by atoms with Gasteiger partial charge in [0, 0.05) is 18.4 Å². The molecule has 0 radical (unpaired) electrons. The summed E-state index contributed by atoms with van der Waals surface area (Å²) in [6, 6.07) is -0.116. The number of carboxylic acid groups (broad SMARTS) is 1. The number of ether oxygens (including phenoxy) is 1. The zero-order valence-corrected chi connectivity index (χ0v) is 33.8. The summed E-state index contributed by atoms with van der Waals surface area (Å²) in [5, 5.41) is 16.3. The van der Waals surface area contributed by atoms with Crippen molar-refractivity contribution in [1.82, 2.24) is 10.6 Å². The number of urea groups is 1. The van der Waals surface area contributed by atoms with Crippen LogP contribution in [0.25, 0.3) is 0 Å². The van der Waals surface area contributed by atoms with Gasteiger partial charge >= 0.3 is 18.0 Å². The van der Waals surface area contributed by atoms with Crippen LogP contribution in [0.3, 0.4) is 0 Å². The van der Waals surface area contributed by atoms with Gasteiger partial charge in [-0.25, -0.2) is 4.79 Å². The Balaban J connectivity index is 0.00000302. The van der Waals surface area contributed by atoms with Crippen LogP contribution >= 0.6 is 12.4 Å². The van der Waals surface area contributed by atoms with Gasteiger partial charge in [0.15, 0.2) is 5.78 Å². The molecule has 0 heterocycles. The molecule has 0 bridgehead atoms. The minimum Gasteiger partial charge on any atom is -0.481 e. The molecule has 6 rings (SSSR count). The average molecular weight is 748 g/mol. The first-order chi connectivity index (χ1) is 23.2. The molecule has 0 saturated heterocycles. The van der Waals surface area contributed by atoms with E-state index in [4.69, 9.17) is 4.74 Å². The highest BCUT2D eigenvalue weighted by Gasteiger charge is 2.70. The molecule has 8 atom stereocenters. The van der Waals surface area contributed by atoms with Crippen molar-refractivity contribution in [2.24, 2.45) is 56.7 Å². The highest BCUT2D eigenvalue weighted by atomic mass is 35.5. The molecule has 2 amide bonds. The van der Waals surface area contributed by atoms with Gasteiger partial charge in [0.1, 0.15) is 6.10 Å².